The summed E-state index contributed by atoms with van der Waals surface area (Å²) in [5, 5.41) is 5.44. The van der Waals surface area contributed by atoms with Crippen LogP contribution in [-0.4, -0.2) is 41.5 Å². The molecule has 9 heteroatoms. The van der Waals surface area contributed by atoms with Gasteiger partial charge in [0.25, 0.3) is 5.56 Å². The van der Waals surface area contributed by atoms with Gasteiger partial charge >= 0.3 is 0 Å². The van der Waals surface area contributed by atoms with Crippen LogP contribution in [0.1, 0.15) is 44.1 Å². The van der Waals surface area contributed by atoms with Gasteiger partial charge in [-0.3, -0.25) is 19.4 Å². The lowest BCUT2D eigenvalue weighted by Crippen LogP contribution is -2.41. The van der Waals surface area contributed by atoms with Gasteiger partial charge in [-0.25, -0.2) is 0 Å². The van der Waals surface area contributed by atoms with Crippen LogP contribution < -0.4 is 25.8 Å². The Balaban J connectivity index is 1.65. The fraction of sp³-hybridized carbons (Fsp3) is 0.429. The third-order valence-electron chi connectivity index (χ3n) is 5.67. The van der Waals surface area contributed by atoms with E-state index in [-0.39, 0.29) is 29.8 Å². The lowest BCUT2D eigenvalue weighted by molar-refractivity contribution is -0.123. The minimum absolute atomic E-state index is 0.118. The summed E-state index contributed by atoms with van der Waals surface area (Å²) in [6.07, 6.45) is 3.05. The molecule has 9 nitrogen and oxygen atoms in total. The van der Waals surface area contributed by atoms with Crippen LogP contribution in [-0.2, 0) is 9.59 Å². The summed E-state index contributed by atoms with van der Waals surface area (Å²) in [7, 11) is 1.54. The number of amides is 2. The van der Waals surface area contributed by atoms with E-state index in [1.807, 2.05) is 4.90 Å². The quantitative estimate of drug-likeness (QED) is 0.710. The summed E-state index contributed by atoms with van der Waals surface area (Å²) in [6.45, 7) is 2.87. The average Bonchev–Trinajstić information content (AvgIpc) is 2.73. The lowest BCUT2D eigenvalue weighted by atomic mass is 9.92. The molecule has 3 heterocycles. The van der Waals surface area contributed by atoms with Crippen molar-refractivity contribution < 1.29 is 14.3 Å². The number of hydrogen-bond acceptors (Lipinski definition) is 6. The van der Waals surface area contributed by atoms with Crippen molar-refractivity contribution in [1.82, 2.24) is 9.97 Å². The maximum atomic E-state index is 12.9. The highest BCUT2D eigenvalue weighted by molar-refractivity contribution is 6.04. The number of rotatable bonds is 4. The molecule has 3 N–H and O–H groups in total. The van der Waals surface area contributed by atoms with Crippen molar-refractivity contribution in [2.75, 3.05) is 29.2 Å². The highest BCUT2D eigenvalue weighted by Gasteiger charge is 2.35. The summed E-state index contributed by atoms with van der Waals surface area (Å²) in [6, 6.07) is 7.14. The van der Waals surface area contributed by atoms with Gasteiger partial charge in [-0.15, -0.1) is 0 Å². The maximum Gasteiger partial charge on any atom is 0.258 e. The third kappa shape index (κ3) is 3.87. The highest BCUT2D eigenvalue weighted by atomic mass is 16.5. The third-order valence-corrected chi connectivity index (χ3v) is 5.67. The first-order valence-corrected chi connectivity index (χ1v) is 10.1. The monoisotopic (exact) mass is 411 g/mol. The van der Waals surface area contributed by atoms with Crippen molar-refractivity contribution in [3.05, 3.63) is 40.2 Å². The number of methoxy groups -OCH3 is 1. The standard InChI is InChI=1S/C21H25N5O4/c1-12-6-3-4-9-26(12)21-24-18-17(20(29)25-21)15(11-16(27)23-18)19(28)22-13-7-5-8-14(10-13)30-2/h5,7-8,10,12,15H,3-4,6,9,11H2,1-2H3,(H,22,28)(H2,23,24,25,27,29)/t12-,15-/m1/s1. The van der Waals surface area contributed by atoms with Crippen LogP contribution in [0, 0.1) is 0 Å². The molecule has 0 bridgehead atoms. The van der Waals surface area contributed by atoms with E-state index in [2.05, 4.69) is 27.5 Å². The highest BCUT2D eigenvalue weighted by Crippen LogP contribution is 2.31. The average molecular weight is 411 g/mol. The first-order chi connectivity index (χ1) is 14.5. The summed E-state index contributed by atoms with van der Waals surface area (Å²) < 4.78 is 5.17. The number of fused-ring (bicyclic) bond motifs is 1. The number of carbonyl (C=O) groups excluding carboxylic acids is 2. The van der Waals surface area contributed by atoms with Gasteiger partial charge in [0.15, 0.2) is 0 Å². The molecule has 1 aromatic heterocycles. The van der Waals surface area contributed by atoms with Crippen LogP contribution in [0.3, 0.4) is 0 Å². The predicted octanol–water partition coefficient (Wildman–Crippen LogP) is 2.22. The zero-order chi connectivity index (χ0) is 21.3. The summed E-state index contributed by atoms with van der Waals surface area (Å²) in [5.74, 6) is -0.526. The minimum atomic E-state index is -0.927. The van der Waals surface area contributed by atoms with E-state index in [9.17, 15) is 14.4 Å². The molecule has 158 valence electrons. The van der Waals surface area contributed by atoms with E-state index in [0.29, 0.717) is 17.4 Å². The van der Waals surface area contributed by atoms with Crippen LogP contribution >= 0.6 is 0 Å². The molecule has 0 spiro atoms. The van der Waals surface area contributed by atoms with Gasteiger partial charge in [-0.1, -0.05) is 6.07 Å². The Labute approximate surface area is 173 Å². The molecule has 1 fully saturated rings. The first kappa shape index (κ1) is 19.9. The van der Waals surface area contributed by atoms with Crippen LogP contribution in [0.15, 0.2) is 29.1 Å². The van der Waals surface area contributed by atoms with Gasteiger partial charge in [0, 0.05) is 30.8 Å². The summed E-state index contributed by atoms with van der Waals surface area (Å²) >= 11 is 0. The number of ether oxygens (including phenoxy) is 1. The van der Waals surface area contributed by atoms with Gasteiger partial charge in [-0.05, 0) is 38.3 Å². The Morgan fingerprint density at radius 2 is 2.13 bits per heavy atom. The topological polar surface area (TPSA) is 116 Å². The summed E-state index contributed by atoms with van der Waals surface area (Å²) in [4.78, 5) is 47.5. The zero-order valence-corrected chi connectivity index (χ0v) is 17.0. The van der Waals surface area contributed by atoms with Crippen molar-refractivity contribution in [3.8, 4) is 5.75 Å². The Bertz CT molecular complexity index is 1030. The number of nitrogens with zero attached hydrogens (tertiary/aromatic N) is 2. The minimum Gasteiger partial charge on any atom is -0.497 e. The van der Waals surface area contributed by atoms with Gasteiger partial charge < -0.3 is 20.3 Å². The molecule has 0 aliphatic carbocycles. The van der Waals surface area contributed by atoms with Crippen LogP contribution in [0.25, 0.3) is 0 Å². The number of nitrogens with one attached hydrogen (secondary N) is 3. The van der Waals surface area contributed by atoms with Crippen molar-refractivity contribution in [2.24, 2.45) is 0 Å². The molecule has 30 heavy (non-hydrogen) atoms. The fourth-order valence-electron chi connectivity index (χ4n) is 4.06. The molecule has 4 rings (SSSR count). The Morgan fingerprint density at radius 1 is 1.30 bits per heavy atom. The molecule has 0 unspecified atom stereocenters. The molecule has 2 amide bonds. The molecule has 2 aliphatic rings. The molecular weight excluding hydrogens is 386 g/mol. The van der Waals surface area contributed by atoms with Gasteiger partial charge in [0.1, 0.15) is 11.6 Å². The zero-order valence-electron chi connectivity index (χ0n) is 17.0. The van der Waals surface area contributed by atoms with Crippen molar-refractivity contribution in [2.45, 2.75) is 44.6 Å². The van der Waals surface area contributed by atoms with E-state index < -0.39 is 17.4 Å². The van der Waals surface area contributed by atoms with E-state index in [0.717, 1.165) is 25.8 Å². The number of benzene rings is 1. The van der Waals surface area contributed by atoms with Crippen molar-refractivity contribution >= 4 is 29.3 Å². The second-order valence-corrected chi connectivity index (χ2v) is 7.72. The number of aromatic nitrogens is 2. The van der Waals surface area contributed by atoms with Gasteiger partial charge in [-0.2, -0.15) is 4.98 Å². The van der Waals surface area contributed by atoms with Gasteiger partial charge in [0.05, 0.1) is 18.6 Å². The molecule has 2 atom stereocenters. The normalized spacial score (nSPS) is 20.9. The van der Waals surface area contributed by atoms with Crippen molar-refractivity contribution in [3.63, 3.8) is 0 Å². The fourth-order valence-corrected chi connectivity index (χ4v) is 4.06. The largest absolute Gasteiger partial charge is 0.497 e. The Hall–Kier alpha value is -3.36. The Morgan fingerprint density at radius 3 is 2.90 bits per heavy atom. The van der Waals surface area contributed by atoms with E-state index in [4.69, 9.17) is 4.74 Å². The Kier molecular flexibility index (Phi) is 5.43. The molecule has 0 radical (unpaired) electrons. The molecular formula is C21H25N5O4. The molecule has 1 aromatic carbocycles. The molecule has 2 aliphatic heterocycles. The smallest absolute Gasteiger partial charge is 0.258 e. The second kappa shape index (κ2) is 8.17. The van der Waals surface area contributed by atoms with E-state index in [1.165, 1.54) is 7.11 Å². The number of hydrogen-bond donors (Lipinski definition) is 3. The summed E-state index contributed by atoms with van der Waals surface area (Å²) in [5.41, 5.74) is 0.303. The number of aromatic amines is 1. The molecule has 1 saturated heterocycles. The predicted molar refractivity (Wildman–Crippen MR) is 113 cm³/mol. The van der Waals surface area contributed by atoms with Crippen LogP contribution in [0.4, 0.5) is 17.5 Å². The second-order valence-electron chi connectivity index (χ2n) is 7.72. The molecule has 0 saturated carbocycles. The first-order valence-electron chi connectivity index (χ1n) is 10.1. The number of H-pyrrole nitrogens is 1. The van der Waals surface area contributed by atoms with Crippen LogP contribution in [0.2, 0.25) is 0 Å². The lowest BCUT2D eigenvalue weighted by Gasteiger charge is -2.34. The number of piperidine rings is 1. The SMILES string of the molecule is COc1cccc(NC(=O)[C@@H]2CC(=O)Nc3nc(N4CCCC[C@H]4C)[nH]c(=O)c32)c1. The van der Waals surface area contributed by atoms with Gasteiger partial charge in [0.2, 0.25) is 17.8 Å². The number of carbonyl (C=O) groups is 2. The van der Waals surface area contributed by atoms with Crippen LogP contribution in [0.5, 0.6) is 5.75 Å². The van der Waals surface area contributed by atoms with Crippen molar-refractivity contribution in [1.29, 1.82) is 0 Å². The van der Waals surface area contributed by atoms with E-state index >= 15 is 0 Å². The maximum absolute atomic E-state index is 12.9. The van der Waals surface area contributed by atoms with E-state index in [1.54, 1.807) is 24.3 Å². The molecule has 2 aromatic rings. The number of anilines is 3.